The Morgan fingerprint density at radius 1 is 1.38 bits per heavy atom. The summed E-state index contributed by atoms with van der Waals surface area (Å²) in [5.41, 5.74) is 8.47. The second-order valence-corrected chi connectivity index (χ2v) is 3.77. The maximum atomic E-state index is 11.2. The van der Waals surface area contributed by atoms with Gasteiger partial charge in [-0.05, 0) is 24.6 Å². The lowest BCUT2D eigenvalue weighted by atomic mass is 10.0. The van der Waals surface area contributed by atoms with Crippen molar-refractivity contribution in [1.82, 2.24) is 9.78 Å². The van der Waals surface area contributed by atoms with E-state index in [0.29, 0.717) is 5.56 Å². The van der Waals surface area contributed by atoms with E-state index in [0.717, 1.165) is 16.8 Å². The molecule has 1 heterocycles. The Kier molecular flexibility index (Phi) is 2.48. The molecule has 4 heteroatoms. The molecule has 0 aliphatic rings. The van der Waals surface area contributed by atoms with Gasteiger partial charge >= 0.3 is 0 Å². The van der Waals surface area contributed by atoms with Crippen LogP contribution in [0.1, 0.15) is 15.9 Å². The first-order chi connectivity index (χ1) is 7.58. The van der Waals surface area contributed by atoms with Gasteiger partial charge in [-0.2, -0.15) is 5.10 Å². The molecule has 0 unspecified atom stereocenters. The summed E-state index contributed by atoms with van der Waals surface area (Å²) >= 11 is 0. The molecule has 0 atom stereocenters. The van der Waals surface area contributed by atoms with Crippen molar-refractivity contribution >= 4 is 5.91 Å². The molecule has 0 spiro atoms. The molecule has 16 heavy (non-hydrogen) atoms. The van der Waals surface area contributed by atoms with Gasteiger partial charge in [0.15, 0.2) is 0 Å². The first-order valence-corrected chi connectivity index (χ1v) is 4.98. The molecular weight excluding hydrogens is 202 g/mol. The lowest BCUT2D eigenvalue weighted by molar-refractivity contribution is 0.1000. The number of hydrogen-bond donors (Lipinski definition) is 1. The van der Waals surface area contributed by atoms with Crippen molar-refractivity contribution in [3.05, 3.63) is 41.6 Å². The largest absolute Gasteiger partial charge is 0.366 e. The molecule has 0 bridgehead atoms. The van der Waals surface area contributed by atoms with Crippen molar-refractivity contribution < 1.29 is 4.79 Å². The maximum Gasteiger partial charge on any atom is 0.248 e. The number of rotatable bonds is 2. The summed E-state index contributed by atoms with van der Waals surface area (Å²) in [4.78, 5) is 11.2. The average molecular weight is 215 g/mol. The minimum Gasteiger partial charge on any atom is -0.366 e. The van der Waals surface area contributed by atoms with Gasteiger partial charge in [-0.15, -0.1) is 0 Å². The SMILES string of the molecule is Cc1ccc(-c2ccn(C)n2)cc1C(N)=O. The highest BCUT2D eigenvalue weighted by atomic mass is 16.1. The summed E-state index contributed by atoms with van der Waals surface area (Å²) in [6, 6.07) is 7.49. The van der Waals surface area contributed by atoms with Crippen molar-refractivity contribution in [1.29, 1.82) is 0 Å². The van der Waals surface area contributed by atoms with E-state index >= 15 is 0 Å². The van der Waals surface area contributed by atoms with Crippen LogP contribution in [-0.2, 0) is 7.05 Å². The second-order valence-electron chi connectivity index (χ2n) is 3.77. The lowest BCUT2D eigenvalue weighted by Gasteiger charge is -2.03. The molecular formula is C12H13N3O. The number of nitrogens with zero attached hydrogens (tertiary/aromatic N) is 2. The van der Waals surface area contributed by atoms with Gasteiger partial charge in [0, 0.05) is 24.4 Å². The Bertz CT molecular complexity index is 543. The van der Waals surface area contributed by atoms with Gasteiger partial charge in [0.1, 0.15) is 0 Å². The summed E-state index contributed by atoms with van der Waals surface area (Å²) in [7, 11) is 1.85. The lowest BCUT2D eigenvalue weighted by Crippen LogP contribution is -2.12. The molecule has 1 amide bonds. The van der Waals surface area contributed by atoms with Crippen molar-refractivity contribution in [2.45, 2.75) is 6.92 Å². The smallest absolute Gasteiger partial charge is 0.248 e. The van der Waals surface area contributed by atoms with Crippen LogP contribution in [0.5, 0.6) is 0 Å². The summed E-state index contributed by atoms with van der Waals surface area (Å²) in [5.74, 6) is -0.407. The van der Waals surface area contributed by atoms with E-state index in [4.69, 9.17) is 5.73 Å². The van der Waals surface area contributed by atoms with Crippen LogP contribution >= 0.6 is 0 Å². The maximum absolute atomic E-state index is 11.2. The number of aryl methyl sites for hydroxylation is 2. The van der Waals surface area contributed by atoms with Gasteiger partial charge in [-0.1, -0.05) is 12.1 Å². The molecule has 0 saturated heterocycles. The molecule has 0 fully saturated rings. The van der Waals surface area contributed by atoms with Crippen molar-refractivity contribution in [2.75, 3.05) is 0 Å². The van der Waals surface area contributed by atoms with Gasteiger partial charge in [-0.25, -0.2) is 0 Å². The molecule has 1 aromatic heterocycles. The van der Waals surface area contributed by atoms with Crippen LogP contribution in [0.15, 0.2) is 30.5 Å². The number of nitrogens with two attached hydrogens (primary N) is 1. The number of hydrogen-bond acceptors (Lipinski definition) is 2. The van der Waals surface area contributed by atoms with Crippen LogP contribution in [0, 0.1) is 6.92 Å². The van der Waals surface area contributed by atoms with Gasteiger partial charge in [-0.3, -0.25) is 9.48 Å². The molecule has 2 aromatic rings. The zero-order chi connectivity index (χ0) is 11.7. The van der Waals surface area contributed by atoms with Crippen LogP contribution < -0.4 is 5.73 Å². The Morgan fingerprint density at radius 3 is 2.69 bits per heavy atom. The zero-order valence-corrected chi connectivity index (χ0v) is 9.27. The van der Waals surface area contributed by atoms with Crippen LogP contribution in [0.25, 0.3) is 11.3 Å². The minimum atomic E-state index is -0.407. The standard InChI is InChI=1S/C12H13N3O/c1-8-3-4-9(7-10(8)12(13)16)11-5-6-15(2)14-11/h3-7H,1-2H3,(H2,13,16). The van der Waals surface area contributed by atoms with Gasteiger partial charge in [0.2, 0.25) is 5.91 Å². The highest BCUT2D eigenvalue weighted by Gasteiger charge is 2.08. The molecule has 82 valence electrons. The fourth-order valence-corrected chi connectivity index (χ4v) is 1.62. The Morgan fingerprint density at radius 2 is 2.12 bits per heavy atom. The van der Waals surface area contributed by atoms with Crippen molar-refractivity contribution in [2.24, 2.45) is 12.8 Å². The highest BCUT2D eigenvalue weighted by molar-refractivity contribution is 5.95. The second kappa shape index (κ2) is 3.81. The van der Waals surface area contributed by atoms with Crippen molar-refractivity contribution in [3.63, 3.8) is 0 Å². The van der Waals surface area contributed by atoms with E-state index in [1.54, 1.807) is 10.7 Å². The van der Waals surface area contributed by atoms with Crippen LogP contribution in [0.4, 0.5) is 0 Å². The Hall–Kier alpha value is -2.10. The van der Waals surface area contributed by atoms with Gasteiger partial charge < -0.3 is 5.73 Å². The van der Waals surface area contributed by atoms with E-state index in [1.807, 2.05) is 38.4 Å². The first-order valence-electron chi connectivity index (χ1n) is 4.98. The monoisotopic (exact) mass is 215 g/mol. The number of aromatic nitrogens is 2. The highest BCUT2D eigenvalue weighted by Crippen LogP contribution is 2.20. The van der Waals surface area contributed by atoms with Gasteiger partial charge in [0.05, 0.1) is 5.69 Å². The van der Waals surface area contributed by atoms with Crippen LogP contribution in [0.3, 0.4) is 0 Å². The number of primary amides is 1. The van der Waals surface area contributed by atoms with Crippen LogP contribution in [0.2, 0.25) is 0 Å². The van der Waals surface area contributed by atoms with Gasteiger partial charge in [0.25, 0.3) is 0 Å². The van der Waals surface area contributed by atoms with E-state index in [9.17, 15) is 4.79 Å². The zero-order valence-electron chi connectivity index (χ0n) is 9.27. The Balaban J connectivity index is 2.51. The predicted octanol–water partition coefficient (Wildman–Crippen LogP) is 1.49. The number of amides is 1. The summed E-state index contributed by atoms with van der Waals surface area (Å²) < 4.78 is 1.72. The molecule has 0 radical (unpaired) electrons. The summed E-state index contributed by atoms with van der Waals surface area (Å²) in [5, 5.41) is 4.28. The fraction of sp³-hybridized carbons (Fsp3) is 0.167. The summed E-state index contributed by atoms with van der Waals surface area (Å²) in [6.07, 6.45) is 1.86. The topological polar surface area (TPSA) is 60.9 Å². The van der Waals surface area contributed by atoms with E-state index in [1.165, 1.54) is 0 Å². The molecule has 0 aliphatic carbocycles. The number of benzene rings is 1. The molecule has 0 aliphatic heterocycles. The number of carbonyl (C=O) groups excluding carboxylic acids is 1. The third-order valence-electron chi connectivity index (χ3n) is 2.51. The third kappa shape index (κ3) is 1.82. The first kappa shape index (κ1) is 10.4. The average Bonchev–Trinajstić information content (AvgIpc) is 2.65. The molecule has 2 rings (SSSR count). The van der Waals surface area contributed by atoms with E-state index < -0.39 is 5.91 Å². The van der Waals surface area contributed by atoms with E-state index in [-0.39, 0.29) is 0 Å². The molecule has 0 saturated carbocycles. The summed E-state index contributed by atoms with van der Waals surface area (Å²) in [6.45, 7) is 1.86. The number of carbonyl (C=O) groups is 1. The van der Waals surface area contributed by atoms with Crippen molar-refractivity contribution in [3.8, 4) is 11.3 Å². The van der Waals surface area contributed by atoms with E-state index in [2.05, 4.69) is 5.10 Å². The Labute approximate surface area is 93.7 Å². The molecule has 4 nitrogen and oxygen atoms in total. The molecule has 1 aromatic carbocycles. The third-order valence-corrected chi connectivity index (χ3v) is 2.51. The quantitative estimate of drug-likeness (QED) is 0.825. The predicted molar refractivity (Wildman–Crippen MR) is 61.9 cm³/mol. The molecule has 2 N–H and O–H groups in total. The fourth-order valence-electron chi connectivity index (χ4n) is 1.62. The van der Waals surface area contributed by atoms with Crippen LogP contribution in [-0.4, -0.2) is 15.7 Å². The minimum absolute atomic E-state index is 0.407. The normalized spacial score (nSPS) is 10.4.